The van der Waals surface area contributed by atoms with Crippen molar-refractivity contribution in [2.45, 2.75) is 144 Å². The second-order valence-corrected chi connectivity index (χ2v) is 18.4. The number of fused-ring (bicyclic) bond motifs is 1. The molecule has 4 fully saturated rings. The maximum atomic E-state index is 14.9. The van der Waals surface area contributed by atoms with Gasteiger partial charge in [-0.05, 0) is 68.8 Å². The van der Waals surface area contributed by atoms with E-state index in [1.54, 1.807) is 0 Å². The highest BCUT2D eigenvalue weighted by Gasteiger charge is 2.54. The van der Waals surface area contributed by atoms with Gasteiger partial charge in [-0.3, -0.25) is 4.79 Å². The molecule has 0 saturated carbocycles. The first kappa shape index (κ1) is 55.5. The first-order chi connectivity index (χ1) is 35.6. The summed E-state index contributed by atoms with van der Waals surface area (Å²) in [6.45, 7) is 3.31. The Balaban J connectivity index is 1.23. The molecule has 0 unspecified atom stereocenters. The molecule has 0 bridgehead atoms. The molecule has 26 heteroatoms. The SMILES string of the molecule is COc1cc(/C=C/C(=O)O[C@H]2[C@@H](O)[C@@H](CO[C@@H]3O[C@@H](C)[C@H](O)[C@@H](O)[C@H]3O)O[C@@H](Oc3c(-c4ccc(O)cc4)oc4cc(O[C@@H]5O[C@@H](C)[C@H](O)[C@@H](O)[C@H]5O)cc(O)c4c3=O)[C@@H]2O[C@@H]2O[C@@H](C)[C@H](O)[C@@H](O)[C@H]2O)ccc1O. The van der Waals surface area contributed by atoms with E-state index in [4.69, 9.17) is 51.8 Å². The molecule has 75 heavy (non-hydrogen) atoms. The van der Waals surface area contributed by atoms with E-state index in [0.29, 0.717) is 5.56 Å². The molecule has 0 aliphatic carbocycles. The van der Waals surface area contributed by atoms with Crippen molar-refractivity contribution in [2.24, 2.45) is 0 Å². The molecule has 8 rings (SSSR count). The predicted molar refractivity (Wildman–Crippen MR) is 249 cm³/mol. The van der Waals surface area contributed by atoms with Gasteiger partial charge in [0.05, 0.1) is 32.0 Å². The van der Waals surface area contributed by atoms with Gasteiger partial charge in [-0.15, -0.1) is 0 Å². The number of hydrogen-bond donors (Lipinski definition) is 13. The van der Waals surface area contributed by atoms with E-state index >= 15 is 0 Å². The first-order valence-corrected chi connectivity index (χ1v) is 23.5. The Morgan fingerprint density at radius 2 is 1.20 bits per heavy atom. The molecular formula is C49H58O26. The summed E-state index contributed by atoms with van der Waals surface area (Å²) in [6, 6.07) is 11.2. The van der Waals surface area contributed by atoms with Gasteiger partial charge in [0, 0.05) is 23.8 Å². The minimum atomic E-state index is -2.15. The quantitative estimate of drug-likeness (QED) is 0.0477. The Hall–Kier alpha value is -5.76. The highest BCUT2D eigenvalue weighted by Crippen LogP contribution is 2.40. The van der Waals surface area contributed by atoms with Crippen molar-refractivity contribution < 1.29 is 123 Å². The molecule has 4 aliphatic rings. The van der Waals surface area contributed by atoms with Crippen molar-refractivity contribution in [1.82, 2.24) is 0 Å². The molecule has 1 aromatic heterocycles. The molecule has 26 nitrogen and oxygen atoms in total. The van der Waals surface area contributed by atoms with E-state index in [1.807, 2.05) is 0 Å². The van der Waals surface area contributed by atoms with E-state index in [9.17, 15) is 76.0 Å². The van der Waals surface area contributed by atoms with Crippen molar-refractivity contribution >= 4 is 23.0 Å². The summed E-state index contributed by atoms with van der Waals surface area (Å²) in [5.74, 6) is -3.90. The van der Waals surface area contributed by atoms with Gasteiger partial charge < -0.3 is 118 Å². The van der Waals surface area contributed by atoms with Crippen LogP contribution in [0.1, 0.15) is 26.3 Å². The normalized spacial score (nSPS) is 36.3. The lowest BCUT2D eigenvalue weighted by Crippen LogP contribution is -2.66. The number of phenols is 3. The summed E-state index contributed by atoms with van der Waals surface area (Å²) in [5, 5.41) is 139. The molecule has 4 aliphatic heterocycles. The minimum Gasteiger partial charge on any atom is -0.508 e. The van der Waals surface area contributed by atoms with Crippen molar-refractivity contribution in [3.8, 4) is 45.8 Å². The molecule has 13 N–H and O–H groups in total. The van der Waals surface area contributed by atoms with Gasteiger partial charge in [0.2, 0.25) is 23.8 Å². The summed E-state index contributed by atoms with van der Waals surface area (Å²) < 4.78 is 64.4. The zero-order chi connectivity index (χ0) is 54.3. The van der Waals surface area contributed by atoms with Gasteiger partial charge in [0.25, 0.3) is 0 Å². The van der Waals surface area contributed by atoms with Crippen LogP contribution in [-0.4, -0.2) is 209 Å². The molecule has 0 radical (unpaired) electrons. The summed E-state index contributed by atoms with van der Waals surface area (Å²) in [7, 11) is 1.30. The number of hydrogen-bond acceptors (Lipinski definition) is 26. The van der Waals surface area contributed by atoms with Crippen LogP contribution < -0.4 is 19.6 Å². The standard InChI is InChI=1S/C49H58O26/c1-17-31(54)36(59)39(62)46(67-17)66-16-28-34(57)43(73-29(53)12-6-20-5-11-24(51)26(13-20)65-4)45(75-48-41(64)38(61)33(56)19(3)69-48)49(72-28)74-44-35(58)30-25(52)14-23(70-47-40(63)37(60)32(55)18(2)68-47)15-27(30)71-42(44)21-7-9-22(50)10-8-21/h5-15,17-19,28,31-34,36-41,43,45-52,54-57,59-64H,16H2,1-4H3/b12-6+/t17-,18-,19-,28+,31-,32-,33-,34-,36+,37+,38+,39+,40+,41+,43-,45+,46+,47-,48-,49-/m0/s1. The Kier molecular flexibility index (Phi) is 16.9. The van der Waals surface area contributed by atoms with E-state index in [-0.39, 0.29) is 34.1 Å². The van der Waals surface area contributed by atoms with E-state index in [0.717, 1.165) is 18.2 Å². The highest BCUT2D eigenvalue weighted by molar-refractivity contribution is 5.89. The van der Waals surface area contributed by atoms with Crippen LogP contribution >= 0.6 is 0 Å². The van der Waals surface area contributed by atoms with Crippen molar-refractivity contribution in [3.63, 3.8) is 0 Å². The average molecular weight is 1060 g/mol. The van der Waals surface area contributed by atoms with E-state index in [2.05, 4.69) is 0 Å². The lowest BCUT2D eigenvalue weighted by molar-refractivity contribution is -0.360. The number of phenolic OH excluding ortho intramolecular Hbond substituents is 3. The van der Waals surface area contributed by atoms with Crippen LogP contribution in [0.5, 0.6) is 34.5 Å². The number of aliphatic hydroxyl groups excluding tert-OH is 10. The van der Waals surface area contributed by atoms with Crippen molar-refractivity contribution in [1.29, 1.82) is 0 Å². The van der Waals surface area contributed by atoms with Crippen LogP contribution in [0.4, 0.5) is 0 Å². The molecule has 0 spiro atoms. The average Bonchev–Trinajstić information content (AvgIpc) is 3.38. The largest absolute Gasteiger partial charge is 0.508 e. The lowest BCUT2D eigenvalue weighted by atomic mass is 9.97. The smallest absolute Gasteiger partial charge is 0.331 e. The number of methoxy groups -OCH3 is 1. The number of aliphatic hydroxyl groups is 10. The fraction of sp³-hybridized carbons (Fsp3) is 0.510. The third-order valence-corrected chi connectivity index (χ3v) is 13.1. The molecule has 5 heterocycles. The van der Waals surface area contributed by atoms with Gasteiger partial charge in [-0.2, -0.15) is 0 Å². The number of ether oxygens (including phenoxy) is 10. The zero-order valence-electron chi connectivity index (χ0n) is 40.2. The number of aromatic hydroxyl groups is 3. The van der Waals surface area contributed by atoms with Crippen LogP contribution in [-0.2, 0) is 38.0 Å². The molecule has 410 valence electrons. The monoisotopic (exact) mass is 1060 g/mol. The van der Waals surface area contributed by atoms with Gasteiger partial charge in [-0.25, -0.2) is 4.79 Å². The van der Waals surface area contributed by atoms with Crippen molar-refractivity contribution in [3.05, 3.63) is 76.5 Å². The van der Waals surface area contributed by atoms with Crippen LogP contribution in [0.2, 0.25) is 0 Å². The van der Waals surface area contributed by atoms with Crippen molar-refractivity contribution in [2.75, 3.05) is 13.7 Å². The topological polar surface area (TPSA) is 403 Å². The number of carbonyl (C=O) groups excluding carboxylic acids is 1. The van der Waals surface area contributed by atoms with Gasteiger partial charge in [-0.1, -0.05) is 6.07 Å². The highest BCUT2D eigenvalue weighted by atomic mass is 16.8. The number of benzene rings is 3. The zero-order valence-corrected chi connectivity index (χ0v) is 40.2. The van der Waals surface area contributed by atoms with E-state index in [1.165, 1.54) is 76.4 Å². The molecular weight excluding hydrogens is 1000 g/mol. The molecule has 3 aromatic carbocycles. The summed E-state index contributed by atoms with van der Waals surface area (Å²) in [5.41, 5.74) is -1.19. The maximum Gasteiger partial charge on any atom is 0.331 e. The van der Waals surface area contributed by atoms with Gasteiger partial charge >= 0.3 is 5.97 Å². The molecule has 20 atom stereocenters. The lowest BCUT2D eigenvalue weighted by Gasteiger charge is -2.47. The fourth-order valence-electron chi connectivity index (χ4n) is 8.76. The molecule has 4 aromatic rings. The second-order valence-electron chi connectivity index (χ2n) is 18.4. The van der Waals surface area contributed by atoms with Gasteiger partial charge in [0.1, 0.15) is 95.4 Å². The summed E-state index contributed by atoms with van der Waals surface area (Å²) >= 11 is 0. The second kappa shape index (κ2) is 22.8. The Bertz CT molecular complexity index is 2720. The summed E-state index contributed by atoms with van der Waals surface area (Å²) in [4.78, 5) is 28.8. The van der Waals surface area contributed by atoms with E-state index < -0.39 is 163 Å². The Labute approximate surface area is 424 Å². The fourth-order valence-corrected chi connectivity index (χ4v) is 8.76. The van der Waals surface area contributed by atoms with Crippen LogP contribution in [0, 0.1) is 0 Å². The molecule has 0 amide bonds. The number of rotatable bonds is 14. The Morgan fingerprint density at radius 3 is 1.83 bits per heavy atom. The van der Waals surface area contributed by atoms with Gasteiger partial charge in [0.15, 0.2) is 42.0 Å². The first-order valence-electron chi connectivity index (χ1n) is 23.5. The van der Waals surface area contributed by atoms with Crippen LogP contribution in [0.3, 0.4) is 0 Å². The molecule has 4 saturated heterocycles. The third-order valence-electron chi connectivity index (χ3n) is 13.1. The predicted octanol–water partition coefficient (Wildman–Crippen LogP) is -2.06. The third kappa shape index (κ3) is 11.5. The van der Waals surface area contributed by atoms with Crippen LogP contribution in [0.15, 0.2) is 69.9 Å². The van der Waals surface area contributed by atoms with Crippen LogP contribution in [0.25, 0.3) is 28.4 Å². The maximum absolute atomic E-state index is 14.9. The summed E-state index contributed by atoms with van der Waals surface area (Å²) in [6.07, 6.45) is -32.2. The number of carbonyl (C=O) groups is 1. The minimum absolute atomic E-state index is 0.0204. The number of esters is 1. The Morgan fingerprint density at radius 1 is 0.613 bits per heavy atom.